The molecule has 0 amide bonds. The normalized spacial score (nSPS) is 11.1. The lowest BCUT2D eigenvalue weighted by atomic mass is 10.2. The van der Waals surface area contributed by atoms with Crippen molar-refractivity contribution in [2.24, 2.45) is 0 Å². The van der Waals surface area contributed by atoms with Crippen molar-refractivity contribution in [1.82, 2.24) is 4.57 Å². The molecule has 3 rings (SSSR count). The average molecular weight is 385 g/mol. The van der Waals surface area contributed by atoms with E-state index in [4.69, 9.17) is 0 Å². The highest BCUT2D eigenvalue weighted by Crippen LogP contribution is 2.34. The number of nitrogens with zero attached hydrogens (tertiary/aromatic N) is 1. The molecule has 1 heterocycles. The molecule has 19 heavy (non-hydrogen) atoms. The summed E-state index contributed by atoms with van der Waals surface area (Å²) in [7, 11) is 0. The van der Waals surface area contributed by atoms with E-state index in [0.717, 1.165) is 9.86 Å². The van der Waals surface area contributed by atoms with Gasteiger partial charge in [-0.05, 0) is 36.4 Å². The van der Waals surface area contributed by atoms with Crippen LogP contribution in [0.4, 0.5) is 4.39 Å². The highest BCUT2D eigenvalue weighted by Gasteiger charge is 2.13. The number of aromatic nitrogens is 1. The molecule has 0 aliphatic rings. The van der Waals surface area contributed by atoms with Gasteiger partial charge in [0.2, 0.25) is 0 Å². The zero-order chi connectivity index (χ0) is 13.6. The number of phenolic OH excluding ortho intramolecular Hbond substituents is 1. The zero-order valence-corrected chi connectivity index (χ0v) is 12.7. The number of rotatable bonds is 1. The van der Waals surface area contributed by atoms with Crippen LogP contribution in [0.2, 0.25) is 0 Å². The molecule has 0 aliphatic heterocycles. The SMILES string of the molecule is Oc1ccc(Br)c2ccn(-c3ccc(Br)cc3F)c12. The predicted octanol–water partition coefficient (Wildman–Crippen LogP) is 5.00. The molecule has 0 saturated heterocycles. The first-order valence-corrected chi connectivity index (χ1v) is 7.10. The van der Waals surface area contributed by atoms with Crippen LogP contribution in [0.25, 0.3) is 16.6 Å². The Bertz CT molecular complexity index is 782. The van der Waals surface area contributed by atoms with Crippen LogP contribution in [-0.2, 0) is 0 Å². The molecule has 0 aliphatic carbocycles. The third-order valence-corrected chi connectivity index (χ3v) is 4.13. The van der Waals surface area contributed by atoms with Gasteiger partial charge in [0.1, 0.15) is 11.6 Å². The fourth-order valence-electron chi connectivity index (χ4n) is 2.08. The van der Waals surface area contributed by atoms with Crippen molar-refractivity contribution in [3.63, 3.8) is 0 Å². The minimum atomic E-state index is -0.355. The number of hydrogen-bond donors (Lipinski definition) is 1. The van der Waals surface area contributed by atoms with Gasteiger partial charge >= 0.3 is 0 Å². The molecule has 1 N–H and O–H groups in total. The summed E-state index contributed by atoms with van der Waals surface area (Å²) in [6.45, 7) is 0. The lowest BCUT2D eigenvalue weighted by Crippen LogP contribution is -1.96. The van der Waals surface area contributed by atoms with Crippen LogP contribution < -0.4 is 0 Å². The molecule has 3 aromatic rings. The van der Waals surface area contributed by atoms with Crippen LogP contribution in [0.3, 0.4) is 0 Å². The standard InChI is InChI=1S/C14H8Br2FNO/c15-8-1-3-12(11(17)7-8)18-6-5-9-10(16)2-4-13(19)14(9)18/h1-7,19H. The highest BCUT2D eigenvalue weighted by molar-refractivity contribution is 9.11. The van der Waals surface area contributed by atoms with Gasteiger partial charge in [-0.3, -0.25) is 0 Å². The lowest BCUT2D eigenvalue weighted by Gasteiger charge is -2.09. The van der Waals surface area contributed by atoms with Crippen LogP contribution >= 0.6 is 31.9 Å². The maximum Gasteiger partial charge on any atom is 0.148 e. The van der Waals surface area contributed by atoms with Crippen LogP contribution in [0, 0.1) is 5.82 Å². The molecule has 96 valence electrons. The number of benzene rings is 2. The summed E-state index contributed by atoms with van der Waals surface area (Å²) in [6, 6.07) is 10.0. The van der Waals surface area contributed by atoms with Crippen molar-refractivity contribution in [2.45, 2.75) is 0 Å². The Balaban J connectivity index is 2.34. The Morgan fingerprint density at radius 2 is 1.84 bits per heavy atom. The number of fused-ring (bicyclic) bond motifs is 1. The van der Waals surface area contributed by atoms with E-state index in [1.54, 1.807) is 35.0 Å². The molecule has 0 radical (unpaired) electrons. The summed E-state index contributed by atoms with van der Waals surface area (Å²) in [5.74, 6) is -0.239. The van der Waals surface area contributed by atoms with Gasteiger partial charge in [0.25, 0.3) is 0 Å². The Kier molecular flexibility index (Phi) is 3.11. The van der Waals surface area contributed by atoms with Gasteiger partial charge < -0.3 is 9.67 Å². The van der Waals surface area contributed by atoms with Gasteiger partial charge in [-0.1, -0.05) is 31.9 Å². The van der Waals surface area contributed by atoms with Crippen molar-refractivity contribution in [2.75, 3.05) is 0 Å². The Morgan fingerprint density at radius 1 is 1.05 bits per heavy atom. The predicted molar refractivity (Wildman–Crippen MR) is 80.3 cm³/mol. The number of phenols is 1. The Labute approximate surface area is 125 Å². The smallest absolute Gasteiger partial charge is 0.148 e. The first-order chi connectivity index (χ1) is 9.08. The maximum absolute atomic E-state index is 14.0. The second-order valence-corrected chi connectivity index (χ2v) is 5.88. The van der Waals surface area contributed by atoms with E-state index in [0.29, 0.717) is 15.7 Å². The van der Waals surface area contributed by atoms with E-state index < -0.39 is 0 Å². The van der Waals surface area contributed by atoms with Gasteiger partial charge in [0.15, 0.2) is 0 Å². The summed E-state index contributed by atoms with van der Waals surface area (Å²) in [5, 5.41) is 10.8. The number of hydrogen-bond acceptors (Lipinski definition) is 1. The van der Waals surface area contributed by atoms with Gasteiger partial charge in [-0.15, -0.1) is 0 Å². The van der Waals surface area contributed by atoms with Crippen molar-refractivity contribution >= 4 is 42.8 Å². The Hall–Kier alpha value is -1.33. The van der Waals surface area contributed by atoms with Crippen molar-refractivity contribution in [1.29, 1.82) is 0 Å². The molecule has 0 fully saturated rings. The fraction of sp³-hybridized carbons (Fsp3) is 0. The molecule has 5 heteroatoms. The minimum absolute atomic E-state index is 0.116. The van der Waals surface area contributed by atoms with E-state index in [-0.39, 0.29) is 11.6 Å². The molecule has 0 unspecified atom stereocenters. The first-order valence-electron chi connectivity index (χ1n) is 5.52. The number of aromatic hydroxyl groups is 1. The third-order valence-electron chi connectivity index (χ3n) is 2.94. The largest absolute Gasteiger partial charge is 0.506 e. The monoisotopic (exact) mass is 383 g/mol. The van der Waals surface area contributed by atoms with Gasteiger partial charge in [0, 0.05) is 20.5 Å². The Morgan fingerprint density at radius 3 is 2.58 bits per heavy atom. The topological polar surface area (TPSA) is 25.2 Å². The van der Waals surface area contributed by atoms with Crippen molar-refractivity contribution in [3.05, 3.63) is 57.4 Å². The molecule has 0 bridgehead atoms. The van der Waals surface area contributed by atoms with Crippen LogP contribution in [0.5, 0.6) is 5.75 Å². The molecule has 0 saturated carbocycles. The molecule has 0 atom stereocenters. The molecular formula is C14H8Br2FNO. The highest BCUT2D eigenvalue weighted by atomic mass is 79.9. The number of halogens is 3. The first kappa shape index (κ1) is 12.7. The van der Waals surface area contributed by atoms with Crippen LogP contribution in [0.1, 0.15) is 0 Å². The summed E-state index contributed by atoms with van der Waals surface area (Å²) >= 11 is 6.65. The maximum atomic E-state index is 14.0. The van der Waals surface area contributed by atoms with Crippen molar-refractivity contribution in [3.8, 4) is 11.4 Å². The molecule has 0 spiro atoms. The lowest BCUT2D eigenvalue weighted by molar-refractivity contribution is 0.479. The molecule has 1 aromatic heterocycles. The minimum Gasteiger partial charge on any atom is -0.506 e. The van der Waals surface area contributed by atoms with E-state index in [1.165, 1.54) is 6.07 Å². The van der Waals surface area contributed by atoms with Gasteiger partial charge in [0.05, 0.1) is 11.2 Å². The summed E-state index contributed by atoms with van der Waals surface area (Å²) < 4.78 is 17.2. The van der Waals surface area contributed by atoms with Crippen LogP contribution in [-0.4, -0.2) is 9.67 Å². The summed E-state index contributed by atoms with van der Waals surface area (Å²) in [6.07, 6.45) is 1.74. The second kappa shape index (κ2) is 4.65. The molecular weight excluding hydrogens is 377 g/mol. The summed E-state index contributed by atoms with van der Waals surface area (Å²) in [4.78, 5) is 0. The molecule has 2 aromatic carbocycles. The van der Waals surface area contributed by atoms with E-state index in [1.807, 2.05) is 6.07 Å². The fourth-order valence-corrected chi connectivity index (χ4v) is 2.87. The summed E-state index contributed by atoms with van der Waals surface area (Å²) in [5.41, 5.74) is 0.974. The second-order valence-electron chi connectivity index (χ2n) is 4.11. The average Bonchev–Trinajstić information content (AvgIpc) is 2.80. The van der Waals surface area contributed by atoms with E-state index >= 15 is 0 Å². The molecule has 2 nitrogen and oxygen atoms in total. The van der Waals surface area contributed by atoms with Gasteiger partial charge in [-0.25, -0.2) is 4.39 Å². The zero-order valence-electron chi connectivity index (χ0n) is 9.57. The van der Waals surface area contributed by atoms with E-state index in [2.05, 4.69) is 31.9 Å². The van der Waals surface area contributed by atoms with E-state index in [9.17, 15) is 9.50 Å². The quantitative estimate of drug-likeness (QED) is 0.627. The van der Waals surface area contributed by atoms with Crippen molar-refractivity contribution < 1.29 is 9.50 Å². The van der Waals surface area contributed by atoms with Gasteiger partial charge in [-0.2, -0.15) is 0 Å². The third kappa shape index (κ3) is 2.07. The van der Waals surface area contributed by atoms with Crippen LogP contribution in [0.15, 0.2) is 51.5 Å².